The Kier molecular flexibility index (Phi) is 6.45. The summed E-state index contributed by atoms with van der Waals surface area (Å²) in [7, 11) is 0. The van der Waals surface area contributed by atoms with Crippen LogP contribution < -0.4 is 10.9 Å². The van der Waals surface area contributed by atoms with Crippen LogP contribution in [0.25, 0.3) is 16.7 Å². The molecule has 4 rings (SSSR count). The molecule has 1 unspecified atom stereocenters. The molecule has 0 fully saturated rings. The van der Waals surface area contributed by atoms with Gasteiger partial charge in [0.05, 0.1) is 26.2 Å². The van der Waals surface area contributed by atoms with Crippen molar-refractivity contribution < 1.29 is 4.79 Å². The first kappa shape index (κ1) is 22.3. The van der Waals surface area contributed by atoms with Crippen molar-refractivity contribution in [2.45, 2.75) is 24.3 Å². The first-order chi connectivity index (χ1) is 15.3. The number of hydrogen-bond acceptors (Lipinski definition) is 6. The third-order valence-corrected chi connectivity index (χ3v) is 6.12. The van der Waals surface area contributed by atoms with Crippen molar-refractivity contribution in [3.8, 4) is 5.82 Å². The van der Waals surface area contributed by atoms with E-state index in [4.69, 9.17) is 23.2 Å². The van der Waals surface area contributed by atoms with Crippen LogP contribution in [0.5, 0.6) is 0 Å². The number of benzene rings is 1. The Hall–Kier alpha value is -2.94. The summed E-state index contributed by atoms with van der Waals surface area (Å²) in [6.07, 6.45) is 3.03. The van der Waals surface area contributed by atoms with Crippen LogP contribution in [0.4, 0.5) is 5.82 Å². The SMILES string of the molecule is Cc1ccnc(-n2c(SC(C)C(=O)Nc3ncc(Cl)cc3Cl)nc3ccccc3c2=O)c1. The van der Waals surface area contributed by atoms with Crippen LogP contribution >= 0.6 is 35.0 Å². The quantitative estimate of drug-likeness (QED) is 0.319. The first-order valence-corrected chi connectivity index (χ1v) is 11.2. The maximum atomic E-state index is 13.3. The molecule has 32 heavy (non-hydrogen) atoms. The fraction of sp³-hybridized carbons (Fsp3) is 0.136. The molecule has 162 valence electrons. The van der Waals surface area contributed by atoms with Crippen LogP contribution in [-0.2, 0) is 4.79 Å². The lowest BCUT2D eigenvalue weighted by Crippen LogP contribution is -2.27. The molecular formula is C22H17Cl2N5O2S. The molecule has 1 aromatic carbocycles. The van der Waals surface area contributed by atoms with Gasteiger partial charge >= 0.3 is 0 Å². The number of nitrogens with one attached hydrogen (secondary N) is 1. The normalized spacial score (nSPS) is 12.0. The summed E-state index contributed by atoms with van der Waals surface area (Å²) >= 11 is 13.1. The smallest absolute Gasteiger partial charge is 0.267 e. The number of anilines is 1. The minimum absolute atomic E-state index is 0.206. The highest BCUT2D eigenvalue weighted by molar-refractivity contribution is 8.00. The molecule has 7 nitrogen and oxygen atoms in total. The molecule has 0 aliphatic heterocycles. The number of rotatable bonds is 5. The molecule has 0 bridgehead atoms. The Morgan fingerprint density at radius 1 is 1.16 bits per heavy atom. The molecule has 0 radical (unpaired) electrons. The maximum Gasteiger partial charge on any atom is 0.267 e. The number of halogens is 2. The molecule has 0 saturated carbocycles. The summed E-state index contributed by atoms with van der Waals surface area (Å²) in [6.45, 7) is 3.62. The number of fused-ring (bicyclic) bond motifs is 1. The standard InChI is InChI=1S/C22H17Cl2N5O2S/c1-12-7-8-25-18(9-12)29-21(31)15-5-3-4-6-17(15)27-22(29)32-13(2)20(30)28-19-16(24)10-14(23)11-26-19/h3-11,13H,1-2H3,(H,26,28,30). The molecule has 3 aromatic heterocycles. The number of hydrogen-bond donors (Lipinski definition) is 1. The van der Waals surface area contributed by atoms with E-state index in [1.807, 2.05) is 19.1 Å². The van der Waals surface area contributed by atoms with Crippen LogP contribution in [0.3, 0.4) is 0 Å². The van der Waals surface area contributed by atoms with Crippen LogP contribution in [0.2, 0.25) is 10.0 Å². The number of aryl methyl sites for hydroxylation is 1. The van der Waals surface area contributed by atoms with Gasteiger partial charge in [0, 0.05) is 12.4 Å². The van der Waals surface area contributed by atoms with E-state index in [0.29, 0.717) is 26.9 Å². The molecule has 4 aromatic rings. The van der Waals surface area contributed by atoms with Gasteiger partial charge in [-0.3, -0.25) is 9.59 Å². The minimum Gasteiger partial charge on any atom is -0.308 e. The molecule has 0 aliphatic carbocycles. The van der Waals surface area contributed by atoms with E-state index < -0.39 is 5.25 Å². The van der Waals surface area contributed by atoms with E-state index in [9.17, 15) is 9.59 Å². The first-order valence-electron chi connectivity index (χ1n) is 9.57. The second kappa shape index (κ2) is 9.28. The number of carbonyl (C=O) groups is 1. The van der Waals surface area contributed by atoms with Gasteiger partial charge in [0.2, 0.25) is 5.91 Å². The van der Waals surface area contributed by atoms with Gasteiger partial charge in [-0.2, -0.15) is 0 Å². The van der Waals surface area contributed by atoms with Crippen LogP contribution in [-0.4, -0.2) is 30.7 Å². The Morgan fingerprint density at radius 3 is 2.69 bits per heavy atom. The highest BCUT2D eigenvalue weighted by Gasteiger charge is 2.22. The molecule has 1 N–H and O–H groups in total. The van der Waals surface area contributed by atoms with Gasteiger partial charge < -0.3 is 5.32 Å². The van der Waals surface area contributed by atoms with Crippen molar-refractivity contribution in [1.29, 1.82) is 0 Å². The predicted molar refractivity (Wildman–Crippen MR) is 128 cm³/mol. The number of carbonyl (C=O) groups excluding carboxylic acids is 1. The zero-order valence-electron chi connectivity index (χ0n) is 17.0. The average Bonchev–Trinajstić information content (AvgIpc) is 2.76. The maximum absolute atomic E-state index is 13.3. The zero-order valence-corrected chi connectivity index (χ0v) is 19.4. The van der Waals surface area contributed by atoms with Crippen molar-refractivity contribution in [1.82, 2.24) is 19.5 Å². The third kappa shape index (κ3) is 4.62. The lowest BCUT2D eigenvalue weighted by Gasteiger charge is -2.16. The molecule has 10 heteroatoms. The molecule has 0 spiro atoms. The lowest BCUT2D eigenvalue weighted by atomic mass is 10.2. The third-order valence-electron chi connectivity index (χ3n) is 4.58. The van der Waals surface area contributed by atoms with Gasteiger partial charge in [-0.15, -0.1) is 0 Å². The van der Waals surface area contributed by atoms with Crippen LogP contribution in [0.1, 0.15) is 12.5 Å². The van der Waals surface area contributed by atoms with Crippen molar-refractivity contribution in [2.24, 2.45) is 0 Å². The molecule has 0 saturated heterocycles. The molecule has 1 atom stereocenters. The van der Waals surface area contributed by atoms with E-state index >= 15 is 0 Å². The lowest BCUT2D eigenvalue weighted by molar-refractivity contribution is -0.115. The fourth-order valence-electron chi connectivity index (χ4n) is 2.97. The number of amides is 1. The second-order valence-electron chi connectivity index (χ2n) is 6.98. The van der Waals surface area contributed by atoms with E-state index in [0.717, 1.165) is 17.3 Å². The summed E-state index contributed by atoms with van der Waals surface area (Å²) in [5, 5.41) is 3.48. The number of pyridine rings is 2. The number of nitrogens with zero attached hydrogens (tertiary/aromatic N) is 4. The number of para-hydroxylation sites is 1. The summed E-state index contributed by atoms with van der Waals surface area (Å²) < 4.78 is 1.43. The molecule has 1 amide bonds. The average molecular weight is 486 g/mol. The molecule has 0 aliphatic rings. The van der Waals surface area contributed by atoms with E-state index in [1.54, 1.807) is 37.4 Å². The minimum atomic E-state index is -0.618. The summed E-state index contributed by atoms with van der Waals surface area (Å²) in [5.41, 5.74) is 1.23. The second-order valence-corrected chi connectivity index (χ2v) is 9.13. The van der Waals surface area contributed by atoms with Gasteiger partial charge in [-0.05, 0) is 49.7 Å². The zero-order chi connectivity index (χ0) is 22.8. The van der Waals surface area contributed by atoms with E-state index in [-0.39, 0.29) is 22.3 Å². The van der Waals surface area contributed by atoms with Gasteiger partial charge in [-0.1, -0.05) is 47.1 Å². The Morgan fingerprint density at radius 2 is 1.94 bits per heavy atom. The summed E-state index contributed by atoms with van der Waals surface area (Å²) in [5.74, 6) is 0.293. The van der Waals surface area contributed by atoms with Gasteiger partial charge in [0.1, 0.15) is 5.82 Å². The molecular weight excluding hydrogens is 469 g/mol. The predicted octanol–water partition coefficient (Wildman–Crippen LogP) is 4.91. The summed E-state index contributed by atoms with van der Waals surface area (Å²) in [6, 6.07) is 12.2. The topological polar surface area (TPSA) is 89.8 Å². The van der Waals surface area contributed by atoms with E-state index in [2.05, 4.69) is 20.3 Å². The highest BCUT2D eigenvalue weighted by Crippen LogP contribution is 2.27. The Labute approximate surface area is 197 Å². The highest BCUT2D eigenvalue weighted by atomic mass is 35.5. The monoisotopic (exact) mass is 485 g/mol. The summed E-state index contributed by atoms with van der Waals surface area (Å²) in [4.78, 5) is 39.2. The fourth-order valence-corrected chi connectivity index (χ4v) is 4.31. The van der Waals surface area contributed by atoms with Gasteiger partial charge in [0.15, 0.2) is 11.0 Å². The number of thioether (sulfide) groups is 1. The van der Waals surface area contributed by atoms with Crippen molar-refractivity contribution >= 4 is 57.6 Å². The largest absolute Gasteiger partial charge is 0.308 e. The van der Waals surface area contributed by atoms with Crippen LogP contribution in [0.15, 0.2) is 64.8 Å². The Balaban J connectivity index is 1.72. The van der Waals surface area contributed by atoms with Gasteiger partial charge in [0.25, 0.3) is 5.56 Å². The van der Waals surface area contributed by atoms with E-state index in [1.165, 1.54) is 16.8 Å². The number of aromatic nitrogens is 4. The van der Waals surface area contributed by atoms with Gasteiger partial charge in [-0.25, -0.2) is 19.5 Å². The van der Waals surface area contributed by atoms with Crippen molar-refractivity contribution in [3.63, 3.8) is 0 Å². The molecule has 3 heterocycles. The van der Waals surface area contributed by atoms with Crippen molar-refractivity contribution in [2.75, 3.05) is 5.32 Å². The van der Waals surface area contributed by atoms with Crippen LogP contribution in [0, 0.1) is 6.92 Å². The van der Waals surface area contributed by atoms with Crippen molar-refractivity contribution in [3.05, 3.63) is 80.8 Å². The Bertz CT molecular complexity index is 1390.